The van der Waals surface area contributed by atoms with E-state index in [1.54, 1.807) is 11.3 Å². The molecule has 94 valence electrons. The Morgan fingerprint density at radius 1 is 1.44 bits per heavy atom. The highest BCUT2D eigenvalue weighted by Gasteiger charge is 2.12. The number of aromatic nitrogens is 1. The van der Waals surface area contributed by atoms with Crippen molar-refractivity contribution in [2.75, 3.05) is 0 Å². The number of halogens is 1. The molecule has 0 radical (unpaired) electrons. The highest BCUT2D eigenvalue weighted by molar-refractivity contribution is 9.11. The largest absolute Gasteiger partial charge is 0.481 e. The number of nitrogens with zero attached hydrogens (tertiary/aromatic N) is 1. The first-order valence-electron chi connectivity index (χ1n) is 5.51. The maximum Gasteiger partial charge on any atom is 0.303 e. The number of aryl methyl sites for hydroxylation is 2. The van der Waals surface area contributed by atoms with Gasteiger partial charge in [0.2, 0.25) is 0 Å². The van der Waals surface area contributed by atoms with Crippen LogP contribution in [0.15, 0.2) is 28.1 Å². The van der Waals surface area contributed by atoms with Crippen LogP contribution >= 0.6 is 27.3 Å². The predicted octanol–water partition coefficient (Wildman–Crippen LogP) is 3.90. The van der Waals surface area contributed by atoms with Crippen molar-refractivity contribution in [3.8, 4) is 10.6 Å². The minimum absolute atomic E-state index is 0.107. The second kappa shape index (κ2) is 5.63. The van der Waals surface area contributed by atoms with Gasteiger partial charge in [0.15, 0.2) is 0 Å². The first-order chi connectivity index (χ1) is 8.58. The van der Waals surface area contributed by atoms with Crippen LogP contribution < -0.4 is 0 Å². The Morgan fingerprint density at radius 3 is 2.83 bits per heavy atom. The van der Waals surface area contributed by atoms with E-state index in [9.17, 15) is 4.79 Å². The highest BCUT2D eigenvalue weighted by Crippen LogP contribution is 2.33. The Hall–Kier alpha value is -1.20. The summed E-state index contributed by atoms with van der Waals surface area (Å²) in [5, 5.41) is 9.62. The molecule has 3 nitrogen and oxygen atoms in total. The minimum atomic E-state index is -0.799. The zero-order chi connectivity index (χ0) is 13.1. The maximum atomic E-state index is 10.6. The number of hydrogen-bond acceptors (Lipinski definition) is 3. The Labute approximate surface area is 118 Å². The van der Waals surface area contributed by atoms with Gasteiger partial charge in [-0.3, -0.25) is 4.79 Å². The van der Waals surface area contributed by atoms with Crippen molar-refractivity contribution in [2.24, 2.45) is 0 Å². The zero-order valence-corrected chi connectivity index (χ0v) is 12.2. The van der Waals surface area contributed by atoms with Crippen LogP contribution in [0.5, 0.6) is 0 Å². The topological polar surface area (TPSA) is 50.2 Å². The average Bonchev–Trinajstić information content (AvgIpc) is 2.68. The van der Waals surface area contributed by atoms with Crippen LogP contribution in [0.2, 0.25) is 0 Å². The molecule has 0 fully saturated rings. The molecular formula is C13H12BrNO2S. The Kier molecular flexibility index (Phi) is 4.14. The molecule has 0 saturated heterocycles. The number of aliphatic carboxylic acids is 1. The third kappa shape index (κ3) is 2.97. The number of carboxylic acids is 1. The van der Waals surface area contributed by atoms with Gasteiger partial charge in [-0.1, -0.05) is 24.3 Å². The molecule has 1 aromatic heterocycles. The summed E-state index contributed by atoms with van der Waals surface area (Å²) in [6.45, 7) is 2.04. The molecule has 2 rings (SSSR count). The third-order valence-electron chi connectivity index (χ3n) is 2.60. The molecule has 18 heavy (non-hydrogen) atoms. The van der Waals surface area contributed by atoms with Crippen LogP contribution in [0.4, 0.5) is 0 Å². The van der Waals surface area contributed by atoms with Gasteiger partial charge in [0.05, 0.1) is 15.9 Å². The van der Waals surface area contributed by atoms with E-state index in [2.05, 4.69) is 20.9 Å². The molecule has 1 aromatic carbocycles. The lowest BCUT2D eigenvalue weighted by atomic mass is 10.1. The lowest BCUT2D eigenvalue weighted by molar-refractivity contribution is -0.136. The fourth-order valence-corrected chi connectivity index (χ4v) is 3.32. The summed E-state index contributed by atoms with van der Waals surface area (Å²) in [5.41, 5.74) is 3.09. The summed E-state index contributed by atoms with van der Waals surface area (Å²) in [7, 11) is 0. The predicted molar refractivity (Wildman–Crippen MR) is 75.9 cm³/mol. The zero-order valence-electron chi connectivity index (χ0n) is 9.81. The second-order valence-electron chi connectivity index (χ2n) is 3.95. The van der Waals surface area contributed by atoms with Crippen LogP contribution in [-0.4, -0.2) is 16.1 Å². The molecule has 0 aliphatic carbocycles. The Bertz CT molecular complexity index is 580. The number of hydrogen-bond donors (Lipinski definition) is 1. The second-order valence-corrected chi connectivity index (χ2v) is 6.27. The van der Waals surface area contributed by atoms with Crippen LogP contribution in [0, 0.1) is 6.92 Å². The van der Waals surface area contributed by atoms with Crippen LogP contribution in [0.25, 0.3) is 10.6 Å². The molecule has 0 spiro atoms. The SMILES string of the molecule is Cc1ccccc1-c1nc(CCC(=O)O)c(Br)s1. The van der Waals surface area contributed by atoms with Gasteiger partial charge in [-0.25, -0.2) is 4.98 Å². The smallest absolute Gasteiger partial charge is 0.303 e. The van der Waals surface area contributed by atoms with E-state index in [0.717, 1.165) is 20.1 Å². The summed E-state index contributed by atoms with van der Waals surface area (Å²) in [4.78, 5) is 15.1. The molecule has 0 bridgehead atoms. The van der Waals surface area contributed by atoms with E-state index in [0.29, 0.717) is 6.42 Å². The fourth-order valence-electron chi connectivity index (χ4n) is 1.64. The molecule has 1 heterocycles. The highest BCUT2D eigenvalue weighted by atomic mass is 79.9. The van der Waals surface area contributed by atoms with Crippen molar-refractivity contribution in [3.63, 3.8) is 0 Å². The number of benzene rings is 1. The van der Waals surface area contributed by atoms with Gasteiger partial charge in [-0.15, -0.1) is 11.3 Å². The molecule has 0 atom stereocenters. The van der Waals surface area contributed by atoms with Crippen molar-refractivity contribution in [1.29, 1.82) is 0 Å². The summed E-state index contributed by atoms with van der Waals surface area (Å²) in [5.74, 6) is -0.799. The minimum Gasteiger partial charge on any atom is -0.481 e. The number of carbonyl (C=O) groups is 1. The van der Waals surface area contributed by atoms with Gasteiger partial charge in [-0.2, -0.15) is 0 Å². The van der Waals surface area contributed by atoms with Crippen molar-refractivity contribution in [3.05, 3.63) is 39.3 Å². The van der Waals surface area contributed by atoms with Crippen molar-refractivity contribution >= 4 is 33.2 Å². The van der Waals surface area contributed by atoms with Crippen molar-refractivity contribution in [2.45, 2.75) is 19.8 Å². The average molecular weight is 326 g/mol. The number of carboxylic acid groups (broad SMARTS) is 1. The van der Waals surface area contributed by atoms with Crippen LogP contribution in [-0.2, 0) is 11.2 Å². The molecule has 0 amide bonds. The third-order valence-corrected chi connectivity index (χ3v) is 4.46. The van der Waals surface area contributed by atoms with Crippen molar-refractivity contribution in [1.82, 2.24) is 4.98 Å². The quantitative estimate of drug-likeness (QED) is 0.927. The van der Waals surface area contributed by atoms with E-state index in [4.69, 9.17) is 5.11 Å². The van der Waals surface area contributed by atoms with Gasteiger partial charge in [-0.05, 0) is 28.4 Å². The monoisotopic (exact) mass is 325 g/mol. The molecule has 1 N–H and O–H groups in total. The van der Waals surface area contributed by atoms with E-state index < -0.39 is 5.97 Å². The van der Waals surface area contributed by atoms with Gasteiger partial charge in [0.1, 0.15) is 5.01 Å². The van der Waals surface area contributed by atoms with Crippen LogP contribution in [0.1, 0.15) is 17.7 Å². The number of rotatable bonds is 4. The van der Waals surface area contributed by atoms with Gasteiger partial charge in [0, 0.05) is 12.0 Å². The summed E-state index contributed by atoms with van der Waals surface area (Å²) in [6.07, 6.45) is 0.563. The number of thiazole rings is 1. The summed E-state index contributed by atoms with van der Waals surface area (Å²) >= 11 is 5.00. The van der Waals surface area contributed by atoms with E-state index in [1.807, 2.05) is 31.2 Å². The standard InChI is InChI=1S/C13H12BrNO2S/c1-8-4-2-3-5-9(8)13-15-10(12(14)18-13)6-7-11(16)17/h2-5H,6-7H2,1H3,(H,16,17). The molecule has 2 aromatic rings. The van der Waals surface area contributed by atoms with Crippen molar-refractivity contribution < 1.29 is 9.90 Å². The van der Waals surface area contributed by atoms with Gasteiger partial charge < -0.3 is 5.11 Å². The first-order valence-corrected chi connectivity index (χ1v) is 7.12. The lowest BCUT2D eigenvalue weighted by Crippen LogP contribution is -1.98. The molecule has 0 aliphatic heterocycles. The first kappa shape index (κ1) is 13.2. The molecule has 5 heteroatoms. The van der Waals surface area contributed by atoms with Gasteiger partial charge >= 0.3 is 5.97 Å². The van der Waals surface area contributed by atoms with E-state index >= 15 is 0 Å². The normalized spacial score (nSPS) is 10.6. The van der Waals surface area contributed by atoms with Crippen LogP contribution in [0.3, 0.4) is 0 Å². The molecular weight excluding hydrogens is 314 g/mol. The Morgan fingerprint density at radius 2 is 2.17 bits per heavy atom. The summed E-state index contributed by atoms with van der Waals surface area (Å²) < 4.78 is 0.919. The fraction of sp³-hybridized carbons (Fsp3) is 0.231. The van der Waals surface area contributed by atoms with E-state index in [-0.39, 0.29) is 6.42 Å². The molecule has 0 aliphatic rings. The Balaban J connectivity index is 2.29. The molecule has 0 unspecified atom stereocenters. The maximum absolute atomic E-state index is 10.6. The lowest BCUT2D eigenvalue weighted by Gasteiger charge is -2.00. The van der Waals surface area contributed by atoms with E-state index in [1.165, 1.54) is 5.56 Å². The molecule has 0 saturated carbocycles. The summed E-state index contributed by atoms with van der Waals surface area (Å²) in [6, 6.07) is 8.05. The van der Waals surface area contributed by atoms with Gasteiger partial charge in [0.25, 0.3) is 0 Å².